The van der Waals surface area contributed by atoms with Crippen molar-refractivity contribution in [2.24, 2.45) is 0 Å². The number of rotatable bonds is 0. The lowest BCUT2D eigenvalue weighted by atomic mass is 10.3. The van der Waals surface area contributed by atoms with Crippen molar-refractivity contribution in [3.63, 3.8) is 0 Å². The highest BCUT2D eigenvalue weighted by atomic mass is 35.5. The molecule has 2 aromatic rings. The smallest absolute Gasteiger partial charge is 0.152 e. The molecular weight excluding hydrogens is 179 g/mol. The zero-order valence-corrected chi connectivity index (χ0v) is 6.72. The van der Waals surface area contributed by atoms with Crippen molar-refractivity contribution >= 4 is 22.6 Å². The van der Waals surface area contributed by atoms with Crippen LogP contribution < -0.4 is 0 Å². The second-order valence-electron chi connectivity index (χ2n) is 2.31. The van der Waals surface area contributed by atoms with Gasteiger partial charge in [-0.25, -0.2) is 9.37 Å². The molecule has 0 saturated heterocycles. The summed E-state index contributed by atoms with van der Waals surface area (Å²) in [5.74, 6) is -0.378. The molecule has 2 nitrogen and oxygen atoms in total. The lowest BCUT2D eigenvalue weighted by Crippen LogP contribution is -1.86. The molecule has 0 fully saturated rings. The molecule has 12 heavy (non-hydrogen) atoms. The predicted molar refractivity (Wildman–Crippen MR) is 44.5 cm³/mol. The second kappa shape index (κ2) is 2.68. The summed E-state index contributed by atoms with van der Waals surface area (Å²) in [7, 11) is 0. The van der Waals surface area contributed by atoms with Gasteiger partial charge >= 0.3 is 0 Å². The van der Waals surface area contributed by atoms with Gasteiger partial charge in [-0.2, -0.15) is 0 Å². The van der Waals surface area contributed by atoms with Gasteiger partial charge in [-0.3, -0.25) is 4.98 Å². The van der Waals surface area contributed by atoms with E-state index in [1.165, 1.54) is 18.5 Å². The molecule has 0 aliphatic carbocycles. The summed E-state index contributed by atoms with van der Waals surface area (Å²) < 4.78 is 13.0. The lowest BCUT2D eigenvalue weighted by molar-refractivity contribution is 0.635. The third-order valence-corrected chi connectivity index (χ3v) is 1.70. The van der Waals surface area contributed by atoms with E-state index in [2.05, 4.69) is 9.97 Å². The molecule has 4 heteroatoms. The van der Waals surface area contributed by atoms with Crippen LogP contribution in [0, 0.1) is 5.82 Å². The van der Waals surface area contributed by atoms with Crippen LogP contribution in [0.2, 0.25) is 5.02 Å². The van der Waals surface area contributed by atoms with Crippen LogP contribution in [-0.2, 0) is 0 Å². The predicted octanol–water partition coefficient (Wildman–Crippen LogP) is 2.42. The maximum atomic E-state index is 13.0. The van der Waals surface area contributed by atoms with E-state index in [4.69, 9.17) is 11.6 Å². The highest BCUT2D eigenvalue weighted by Crippen LogP contribution is 2.16. The summed E-state index contributed by atoms with van der Waals surface area (Å²) >= 11 is 5.65. The van der Waals surface area contributed by atoms with Gasteiger partial charge < -0.3 is 0 Å². The fraction of sp³-hybridized carbons (Fsp3) is 0. The van der Waals surface area contributed by atoms with Gasteiger partial charge in [0.15, 0.2) is 5.82 Å². The van der Waals surface area contributed by atoms with Gasteiger partial charge in [0.05, 0.1) is 10.5 Å². The van der Waals surface area contributed by atoms with Gasteiger partial charge in [0, 0.05) is 12.4 Å². The zero-order chi connectivity index (χ0) is 8.55. The Bertz CT molecular complexity index is 430. The fourth-order valence-electron chi connectivity index (χ4n) is 0.973. The Balaban J connectivity index is 2.86. The molecule has 0 bridgehead atoms. The number of nitrogens with zero attached hydrogens (tertiary/aromatic N) is 2. The number of aromatic nitrogens is 2. The van der Waals surface area contributed by atoms with E-state index in [9.17, 15) is 4.39 Å². The monoisotopic (exact) mass is 182 g/mol. The first-order valence-corrected chi connectivity index (χ1v) is 3.71. The number of fused-ring (bicyclic) bond motifs is 1. The average Bonchev–Trinajstić information content (AvgIpc) is 2.04. The molecule has 0 saturated carbocycles. The van der Waals surface area contributed by atoms with Crippen molar-refractivity contribution in [2.75, 3.05) is 0 Å². The Labute approximate surface area is 73.0 Å². The van der Waals surface area contributed by atoms with E-state index < -0.39 is 0 Å². The maximum Gasteiger partial charge on any atom is 0.152 e. The molecule has 0 aliphatic heterocycles. The van der Waals surface area contributed by atoms with Crippen molar-refractivity contribution in [1.82, 2.24) is 9.97 Å². The summed E-state index contributed by atoms with van der Waals surface area (Å²) in [6.45, 7) is 0. The molecule has 0 aromatic carbocycles. The second-order valence-corrected chi connectivity index (χ2v) is 2.75. The first kappa shape index (κ1) is 7.43. The summed E-state index contributed by atoms with van der Waals surface area (Å²) in [5, 5.41) is 0.459. The molecule has 0 atom stereocenters. The van der Waals surface area contributed by atoms with Crippen LogP contribution in [0.4, 0.5) is 4.39 Å². The third-order valence-electron chi connectivity index (χ3n) is 1.49. The topological polar surface area (TPSA) is 25.8 Å². The minimum absolute atomic E-state index is 0.252. The summed E-state index contributed by atoms with van der Waals surface area (Å²) in [5.41, 5.74) is 0.726. The Morgan fingerprint density at radius 3 is 3.00 bits per heavy atom. The minimum atomic E-state index is -0.378. The van der Waals surface area contributed by atoms with E-state index in [1.54, 1.807) is 6.07 Å². The van der Waals surface area contributed by atoms with Crippen molar-refractivity contribution in [1.29, 1.82) is 0 Å². The first-order chi connectivity index (χ1) is 5.77. The standard InChI is InChI=1S/C8H4ClFN2/c9-5-3-7-8(12-4-5)6(10)1-2-11-7/h1-4H. The van der Waals surface area contributed by atoms with E-state index in [1.807, 2.05) is 0 Å². The Morgan fingerprint density at radius 1 is 1.33 bits per heavy atom. The van der Waals surface area contributed by atoms with Crippen LogP contribution in [0.25, 0.3) is 11.0 Å². The largest absolute Gasteiger partial charge is 0.254 e. The lowest BCUT2D eigenvalue weighted by Gasteiger charge is -1.96. The maximum absolute atomic E-state index is 13.0. The summed E-state index contributed by atoms with van der Waals surface area (Å²) in [4.78, 5) is 7.73. The first-order valence-electron chi connectivity index (χ1n) is 3.33. The third kappa shape index (κ3) is 1.12. The molecule has 0 spiro atoms. The fourth-order valence-corrected chi connectivity index (χ4v) is 1.13. The van der Waals surface area contributed by atoms with Gasteiger partial charge in [0.1, 0.15) is 5.52 Å². The normalized spacial score (nSPS) is 10.5. The van der Waals surface area contributed by atoms with E-state index >= 15 is 0 Å². The highest BCUT2D eigenvalue weighted by Gasteiger charge is 2.01. The molecule has 0 radical (unpaired) electrons. The zero-order valence-electron chi connectivity index (χ0n) is 5.96. The average molecular weight is 183 g/mol. The number of hydrogen-bond donors (Lipinski definition) is 0. The Hall–Kier alpha value is -1.22. The number of pyridine rings is 2. The van der Waals surface area contributed by atoms with E-state index in [0.717, 1.165) is 0 Å². The van der Waals surface area contributed by atoms with Crippen molar-refractivity contribution in [3.8, 4) is 0 Å². The molecular formula is C8H4ClFN2. The van der Waals surface area contributed by atoms with Gasteiger partial charge in [-0.1, -0.05) is 11.6 Å². The molecule has 2 heterocycles. The van der Waals surface area contributed by atoms with Crippen LogP contribution in [-0.4, -0.2) is 9.97 Å². The summed E-state index contributed by atoms with van der Waals surface area (Å²) in [6, 6.07) is 2.84. The summed E-state index contributed by atoms with van der Waals surface area (Å²) in [6.07, 6.45) is 2.78. The Kier molecular flexibility index (Phi) is 1.66. The van der Waals surface area contributed by atoms with Crippen LogP contribution in [0.15, 0.2) is 24.5 Å². The highest BCUT2D eigenvalue weighted by molar-refractivity contribution is 6.31. The van der Waals surface area contributed by atoms with Crippen molar-refractivity contribution < 1.29 is 4.39 Å². The minimum Gasteiger partial charge on any atom is -0.254 e. The SMILES string of the molecule is Fc1ccnc2cc(Cl)cnc12. The van der Waals surface area contributed by atoms with Crippen LogP contribution in [0.3, 0.4) is 0 Å². The van der Waals surface area contributed by atoms with Crippen molar-refractivity contribution in [3.05, 3.63) is 35.4 Å². The molecule has 60 valence electrons. The van der Waals surface area contributed by atoms with Crippen LogP contribution in [0.1, 0.15) is 0 Å². The van der Waals surface area contributed by atoms with Gasteiger partial charge in [0.25, 0.3) is 0 Å². The van der Waals surface area contributed by atoms with Gasteiger partial charge in [0.2, 0.25) is 0 Å². The van der Waals surface area contributed by atoms with Crippen LogP contribution in [0.5, 0.6) is 0 Å². The van der Waals surface area contributed by atoms with Gasteiger partial charge in [-0.15, -0.1) is 0 Å². The van der Waals surface area contributed by atoms with Crippen LogP contribution >= 0.6 is 11.6 Å². The van der Waals surface area contributed by atoms with Crippen molar-refractivity contribution in [2.45, 2.75) is 0 Å². The van der Waals surface area contributed by atoms with E-state index in [0.29, 0.717) is 10.5 Å². The molecule has 2 aromatic heterocycles. The molecule has 0 N–H and O–H groups in total. The van der Waals surface area contributed by atoms with E-state index in [-0.39, 0.29) is 11.3 Å². The molecule has 0 amide bonds. The number of halogens is 2. The molecule has 2 rings (SSSR count). The Morgan fingerprint density at radius 2 is 2.17 bits per heavy atom. The van der Waals surface area contributed by atoms with Gasteiger partial charge in [-0.05, 0) is 12.1 Å². The quantitative estimate of drug-likeness (QED) is 0.625. The molecule has 0 aliphatic rings. The molecule has 0 unspecified atom stereocenters. The number of hydrogen-bond acceptors (Lipinski definition) is 2.